The van der Waals surface area contributed by atoms with Crippen LogP contribution in [0.1, 0.15) is 0 Å². The van der Waals surface area contributed by atoms with Crippen LogP contribution in [0, 0.1) is 0 Å². The molecule has 3 nitrogen and oxygen atoms in total. The Kier molecular flexibility index (Phi) is 4.04. The van der Waals surface area contributed by atoms with Crippen molar-refractivity contribution in [1.29, 1.82) is 0 Å². The highest BCUT2D eigenvalue weighted by molar-refractivity contribution is 9.10. The third kappa shape index (κ3) is 3.04. The number of hydrogen-bond acceptors (Lipinski definition) is 2. The van der Waals surface area contributed by atoms with Crippen molar-refractivity contribution in [3.63, 3.8) is 0 Å². The zero-order valence-electron chi connectivity index (χ0n) is 6.76. The van der Waals surface area contributed by atoms with Crippen LogP contribution in [0.3, 0.4) is 0 Å². The fourth-order valence-corrected chi connectivity index (χ4v) is 2.12. The number of carbonyl (C=O) groups is 1. The summed E-state index contributed by atoms with van der Waals surface area (Å²) in [6, 6.07) is 3.15. The Morgan fingerprint density at radius 2 is 1.93 bits per heavy atom. The van der Waals surface area contributed by atoms with Gasteiger partial charge in [0.25, 0.3) is 0 Å². The maximum atomic E-state index is 10.2. The van der Waals surface area contributed by atoms with E-state index in [2.05, 4.69) is 15.9 Å². The molecule has 0 aliphatic rings. The summed E-state index contributed by atoms with van der Waals surface area (Å²) in [6.07, 6.45) is 0. The number of rotatable bonds is 3. The van der Waals surface area contributed by atoms with Crippen LogP contribution >= 0.6 is 39.1 Å². The molecule has 0 fully saturated rings. The molecule has 0 aromatic heterocycles. The molecule has 0 saturated carbocycles. The first kappa shape index (κ1) is 11.6. The van der Waals surface area contributed by atoms with Crippen molar-refractivity contribution in [3.05, 3.63) is 26.7 Å². The second-order valence-corrected chi connectivity index (χ2v) is 4.11. The maximum Gasteiger partial charge on any atom is 0.341 e. The normalized spacial score (nSPS) is 9.93. The van der Waals surface area contributed by atoms with Crippen LogP contribution in [0.25, 0.3) is 0 Å². The van der Waals surface area contributed by atoms with Crippen molar-refractivity contribution < 1.29 is 14.6 Å². The van der Waals surface area contributed by atoms with Gasteiger partial charge in [-0.3, -0.25) is 0 Å². The third-order valence-corrected chi connectivity index (χ3v) is 2.32. The van der Waals surface area contributed by atoms with Crippen LogP contribution in [0.5, 0.6) is 5.75 Å². The standard InChI is InChI=1S/C8H5BrCl2O3/c9-4-1-5(10)8(6(11)2-4)14-3-7(12)13/h1-2H,3H2,(H,12,13). The van der Waals surface area contributed by atoms with Crippen molar-refractivity contribution in [2.75, 3.05) is 6.61 Å². The second-order valence-electron chi connectivity index (χ2n) is 2.38. The van der Waals surface area contributed by atoms with E-state index in [9.17, 15) is 4.79 Å². The summed E-state index contributed by atoms with van der Waals surface area (Å²) >= 11 is 14.8. The van der Waals surface area contributed by atoms with E-state index in [1.807, 2.05) is 0 Å². The Hall–Kier alpha value is -0.450. The van der Waals surface area contributed by atoms with E-state index in [1.165, 1.54) is 0 Å². The van der Waals surface area contributed by atoms with Gasteiger partial charge in [0.2, 0.25) is 0 Å². The summed E-state index contributed by atoms with van der Waals surface area (Å²) in [5.74, 6) is -0.904. The smallest absolute Gasteiger partial charge is 0.341 e. The summed E-state index contributed by atoms with van der Waals surface area (Å²) in [6.45, 7) is -0.471. The van der Waals surface area contributed by atoms with Crippen LogP contribution < -0.4 is 4.74 Å². The number of hydrogen-bond donors (Lipinski definition) is 1. The molecule has 1 rings (SSSR count). The minimum Gasteiger partial charge on any atom is -0.479 e. The molecule has 6 heteroatoms. The highest BCUT2D eigenvalue weighted by Crippen LogP contribution is 2.35. The Balaban J connectivity index is 2.91. The first-order valence-corrected chi connectivity index (χ1v) is 5.04. The molecular weight excluding hydrogens is 295 g/mol. The summed E-state index contributed by atoms with van der Waals surface area (Å²) in [7, 11) is 0. The number of carboxylic acid groups (broad SMARTS) is 1. The van der Waals surface area contributed by atoms with Crippen LogP contribution in [-0.2, 0) is 4.79 Å². The molecule has 0 aliphatic carbocycles. The number of halogens is 3. The van der Waals surface area contributed by atoms with E-state index in [1.54, 1.807) is 12.1 Å². The molecule has 0 aliphatic heterocycles. The number of ether oxygens (including phenoxy) is 1. The fraction of sp³-hybridized carbons (Fsp3) is 0.125. The summed E-state index contributed by atoms with van der Waals surface area (Å²) in [5.41, 5.74) is 0. The van der Waals surface area contributed by atoms with Gasteiger partial charge < -0.3 is 9.84 Å². The number of carboxylic acids is 1. The molecular formula is C8H5BrCl2O3. The quantitative estimate of drug-likeness (QED) is 0.932. The lowest BCUT2D eigenvalue weighted by atomic mass is 10.3. The van der Waals surface area contributed by atoms with E-state index < -0.39 is 12.6 Å². The van der Waals surface area contributed by atoms with Crippen molar-refractivity contribution in [1.82, 2.24) is 0 Å². The van der Waals surface area contributed by atoms with Crippen molar-refractivity contribution >= 4 is 45.1 Å². The predicted molar refractivity (Wildman–Crippen MR) is 57.3 cm³/mol. The largest absolute Gasteiger partial charge is 0.479 e. The average molecular weight is 300 g/mol. The maximum absolute atomic E-state index is 10.2. The Morgan fingerprint density at radius 3 is 2.36 bits per heavy atom. The lowest BCUT2D eigenvalue weighted by molar-refractivity contribution is -0.139. The van der Waals surface area contributed by atoms with E-state index in [-0.39, 0.29) is 15.8 Å². The lowest BCUT2D eigenvalue weighted by Crippen LogP contribution is -2.09. The second kappa shape index (κ2) is 4.87. The fourth-order valence-electron chi connectivity index (χ4n) is 0.801. The first-order chi connectivity index (χ1) is 6.50. The molecule has 1 aromatic carbocycles. The van der Waals surface area contributed by atoms with Gasteiger partial charge in [-0.1, -0.05) is 39.1 Å². The molecule has 0 atom stereocenters. The van der Waals surface area contributed by atoms with Gasteiger partial charge in [0, 0.05) is 4.47 Å². The Bertz CT molecular complexity index is 345. The molecule has 1 aromatic rings. The molecule has 76 valence electrons. The lowest BCUT2D eigenvalue weighted by Gasteiger charge is -2.07. The van der Waals surface area contributed by atoms with Crippen LogP contribution in [0.15, 0.2) is 16.6 Å². The van der Waals surface area contributed by atoms with Gasteiger partial charge in [-0.15, -0.1) is 0 Å². The Morgan fingerprint density at radius 1 is 1.43 bits per heavy atom. The van der Waals surface area contributed by atoms with Crippen LogP contribution in [-0.4, -0.2) is 17.7 Å². The monoisotopic (exact) mass is 298 g/mol. The number of benzene rings is 1. The van der Waals surface area contributed by atoms with E-state index in [4.69, 9.17) is 33.0 Å². The zero-order chi connectivity index (χ0) is 10.7. The summed E-state index contributed by atoms with van der Waals surface area (Å²) in [5, 5.41) is 8.93. The van der Waals surface area contributed by atoms with Crippen LogP contribution in [0.2, 0.25) is 10.0 Å². The molecule has 14 heavy (non-hydrogen) atoms. The molecule has 0 spiro atoms. The van der Waals surface area contributed by atoms with E-state index in [0.717, 1.165) is 0 Å². The van der Waals surface area contributed by atoms with E-state index >= 15 is 0 Å². The molecule has 1 N–H and O–H groups in total. The number of aliphatic carboxylic acids is 1. The average Bonchev–Trinajstić information content (AvgIpc) is 2.01. The SMILES string of the molecule is O=C(O)COc1c(Cl)cc(Br)cc1Cl. The highest BCUT2D eigenvalue weighted by Gasteiger charge is 2.10. The molecule has 0 radical (unpaired) electrons. The first-order valence-electron chi connectivity index (χ1n) is 3.50. The van der Waals surface area contributed by atoms with Crippen molar-refractivity contribution in [2.24, 2.45) is 0 Å². The van der Waals surface area contributed by atoms with Gasteiger partial charge in [0.15, 0.2) is 12.4 Å². The van der Waals surface area contributed by atoms with E-state index in [0.29, 0.717) is 4.47 Å². The van der Waals surface area contributed by atoms with Gasteiger partial charge in [-0.05, 0) is 12.1 Å². The molecule has 0 saturated heterocycles. The van der Waals surface area contributed by atoms with Gasteiger partial charge in [0.05, 0.1) is 10.0 Å². The minimum atomic E-state index is -1.08. The molecule has 0 bridgehead atoms. The van der Waals surface area contributed by atoms with Gasteiger partial charge >= 0.3 is 5.97 Å². The van der Waals surface area contributed by atoms with Crippen molar-refractivity contribution in [2.45, 2.75) is 0 Å². The zero-order valence-corrected chi connectivity index (χ0v) is 9.86. The van der Waals surface area contributed by atoms with Gasteiger partial charge in [-0.2, -0.15) is 0 Å². The van der Waals surface area contributed by atoms with Crippen molar-refractivity contribution in [3.8, 4) is 5.75 Å². The predicted octanol–water partition coefficient (Wildman–Crippen LogP) is 3.22. The molecule has 0 heterocycles. The minimum absolute atomic E-state index is 0.180. The highest BCUT2D eigenvalue weighted by atomic mass is 79.9. The third-order valence-electron chi connectivity index (χ3n) is 1.30. The summed E-state index contributed by atoms with van der Waals surface area (Å²) in [4.78, 5) is 10.2. The van der Waals surface area contributed by atoms with Gasteiger partial charge in [-0.25, -0.2) is 4.79 Å². The Labute approximate surface area is 98.7 Å². The van der Waals surface area contributed by atoms with Gasteiger partial charge in [0.1, 0.15) is 0 Å². The summed E-state index contributed by atoms with van der Waals surface area (Å²) < 4.78 is 5.60. The molecule has 0 amide bonds. The van der Waals surface area contributed by atoms with Crippen LogP contribution in [0.4, 0.5) is 0 Å². The topological polar surface area (TPSA) is 46.5 Å². The molecule has 0 unspecified atom stereocenters.